The van der Waals surface area contributed by atoms with Gasteiger partial charge in [0.05, 0.1) is 6.61 Å². The molecule has 2 aromatic rings. The number of carbonyl (C=O) groups excluding carboxylic acids is 1. The van der Waals surface area contributed by atoms with Gasteiger partial charge in [-0.25, -0.2) is 4.98 Å². The van der Waals surface area contributed by atoms with Gasteiger partial charge in [0.15, 0.2) is 17.4 Å². The average Bonchev–Trinajstić information content (AvgIpc) is 3.10. The lowest BCUT2D eigenvalue weighted by Gasteiger charge is -2.23. The fourth-order valence-electron chi connectivity index (χ4n) is 2.68. The molecule has 0 unspecified atom stereocenters. The van der Waals surface area contributed by atoms with Gasteiger partial charge in [-0.3, -0.25) is 24.5 Å². The van der Waals surface area contributed by atoms with Crippen molar-refractivity contribution >= 4 is 23.0 Å². The molecule has 0 spiro atoms. The van der Waals surface area contributed by atoms with E-state index in [1.807, 2.05) is 0 Å². The minimum atomic E-state index is -2.12. The molecule has 0 aromatic carbocycles. The van der Waals surface area contributed by atoms with Crippen molar-refractivity contribution in [2.75, 3.05) is 11.9 Å². The Morgan fingerprint density at radius 3 is 2.96 bits per heavy atom. The number of nitrogens with one attached hydrogen (secondary N) is 2. The van der Waals surface area contributed by atoms with E-state index in [1.54, 1.807) is 0 Å². The van der Waals surface area contributed by atoms with Crippen LogP contribution < -0.4 is 10.9 Å². The maximum Gasteiger partial charge on any atom is 0.278 e. The molecule has 0 bridgehead atoms. The average molecular weight is 366 g/mol. The van der Waals surface area contributed by atoms with Gasteiger partial charge in [0.25, 0.3) is 5.56 Å². The number of ether oxygens (including phenoxy) is 1. The lowest BCUT2D eigenvalue weighted by atomic mass is 10.1. The predicted octanol–water partition coefficient (Wildman–Crippen LogP) is -1.67. The summed E-state index contributed by atoms with van der Waals surface area (Å²) in [4.78, 5) is 36.1. The summed E-state index contributed by atoms with van der Waals surface area (Å²) in [7, 11) is 0. The third-order valence-electron chi connectivity index (χ3n) is 3.85. The van der Waals surface area contributed by atoms with E-state index in [4.69, 9.17) is 10.3 Å². The number of aromatic nitrogens is 4. The van der Waals surface area contributed by atoms with Gasteiger partial charge in [-0.05, 0) is 5.53 Å². The number of fused-ring (bicyclic) bond motifs is 1. The second kappa shape index (κ2) is 6.36. The summed E-state index contributed by atoms with van der Waals surface area (Å²) in [5, 5.41) is 35.3. The number of hydrogen-bond acceptors (Lipinski definition) is 9. The fraction of sp³-hybridized carbons (Fsp3) is 0.500. The van der Waals surface area contributed by atoms with Crippen molar-refractivity contribution in [2.24, 2.45) is 5.11 Å². The van der Waals surface area contributed by atoms with Gasteiger partial charge in [-0.15, -0.1) is 0 Å². The number of aliphatic hydroxyl groups excluding tert-OH is 3. The lowest BCUT2D eigenvalue weighted by Crippen LogP contribution is -2.44. The monoisotopic (exact) mass is 366 g/mol. The van der Waals surface area contributed by atoms with E-state index in [0.717, 1.165) is 10.9 Å². The molecule has 1 saturated heterocycles. The Balaban J connectivity index is 2.08. The first-order valence-corrected chi connectivity index (χ1v) is 7.28. The van der Waals surface area contributed by atoms with Gasteiger partial charge >= 0.3 is 0 Å². The first-order chi connectivity index (χ1) is 12.3. The third kappa shape index (κ3) is 2.67. The largest absolute Gasteiger partial charge is 0.393 e. The number of H-pyrrole nitrogens is 1. The number of carbonyl (C=O) groups is 1. The Bertz CT molecular complexity index is 964. The van der Waals surface area contributed by atoms with E-state index in [0.29, 0.717) is 0 Å². The van der Waals surface area contributed by atoms with Gasteiger partial charge in [0, 0.05) is 11.8 Å². The number of azide groups is 1. The molecule has 14 heteroatoms. The van der Waals surface area contributed by atoms with Gasteiger partial charge < -0.3 is 20.1 Å². The van der Waals surface area contributed by atoms with E-state index >= 15 is 0 Å². The normalized spacial score (nSPS) is 28.1. The molecule has 2 aromatic heterocycles. The van der Waals surface area contributed by atoms with E-state index in [-0.39, 0.29) is 17.1 Å². The van der Waals surface area contributed by atoms with Gasteiger partial charge in [0.1, 0.15) is 18.5 Å². The van der Waals surface area contributed by atoms with Crippen molar-refractivity contribution in [1.29, 1.82) is 0 Å². The van der Waals surface area contributed by atoms with Crippen LogP contribution >= 0.6 is 0 Å². The molecule has 14 nitrogen and oxygen atoms in total. The van der Waals surface area contributed by atoms with Crippen molar-refractivity contribution in [3.8, 4) is 0 Å². The number of aromatic amines is 1. The van der Waals surface area contributed by atoms with Crippen LogP contribution in [0.3, 0.4) is 0 Å². The zero-order valence-corrected chi connectivity index (χ0v) is 13.3. The lowest BCUT2D eigenvalue weighted by molar-refractivity contribution is -0.123. The first kappa shape index (κ1) is 17.8. The quantitative estimate of drug-likeness (QED) is 0.239. The van der Waals surface area contributed by atoms with Crippen molar-refractivity contribution in [2.45, 2.75) is 31.1 Å². The second-order valence-corrected chi connectivity index (χ2v) is 5.56. The second-order valence-electron chi connectivity index (χ2n) is 5.56. The van der Waals surface area contributed by atoms with Crippen LogP contribution in [0.1, 0.15) is 13.2 Å². The highest BCUT2D eigenvalue weighted by Gasteiger charge is 2.55. The molecule has 1 fully saturated rings. The highest BCUT2D eigenvalue weighted by molar-refractivity contribution is 5.87. The first-order valence-electron chi connectivity index (χ1n) is 7.28. The molecular formula is C12H14N8O6. The summed E-state index contributed by atoms with van der Waals surface area (Å²) < 4.78 is 6.45. The smallest absolute Gasteiger partial charge is 0.278 e. The van der Waals surface area contributed by atoms with Crippen LogP contribution in [0.2, 0.25) is 0 Å². The van der Waals surface area contributed by atoms with Crippen LogP contribution in [0.25, 0.3) is 21.6 Å². The van der Waals surface area contributed by atoms with Crippen molar-refractivity contribution < 1.29 is 24.9 Å². The fourth-order valence-corrected chi connectivity index (χ4v) is 2.68. The molecule has 4 atom stereocenters. The van der Waals surface area contributed by atoms with Crippen LogP contribution in [0.15, 0.2) is 16.2 Å². The molecule has 3 heterocycles. The number of hydrogen-bond donors (Lipinski definition) is 5. The van der Waals surface area contributed by atoms with E-state index in [1.165, 1.54) is 6.92 Å². The summed E-state index contributed by atoms with van der Waals surface area (Å²) in [6.45, 7) is 0.330. The topological polar surface area (TPSA) is 211 Å². The Labute approximate surface area is 143 Å². The van der Waals surface area contributed by atoms with Crippen LogP contribution in [-0.2, 0) is 9.53 Å². The maximum atomic E-state index is 12.3. The number of aliphatic hydroxyl groups is 3. The molecule has 0 saturated carbocycles. The highest BCUT2D eigenvalue weighted by Crippen LogP contribution is 2.38. The zero-order chi connectivity index (χ0) is 19.1. The highest BCUT2D eigenvalue weighted by atomic mass is 16.6. The number of imidazole rings is 1. The number of anilines is 1. The Kier molecular flexibility index (Phi) is 4.35. The SMILES string of the molecule is CC(=O)Nc1nc2ncn([C@@H]3O[C@@](CO)(N=[N+]=[N-])[C@@H](O)[C@H]3O)c2c(=O)[nH]1. The van der Waals surface area contributed by atoms with Gasteiger partial charge in [-0.1, -0.05) is 5.11 Å². The number of rotatable bonds is 4. The molecule has 5 N–H and O–H groups in total. The van der Waals surface area contributed by atoms with E-state index < -0.39 is 42.2 Å². The molecule has 1 aliphatic rings. The minimum absolute atomic E-state index is 0.0620. The number of nitrogens with zero attached hydrogens (tertiary/aromatic N) is 6. The summed E-state index contributed by atoms with van der Waals surface area (Å²) in [6.07, 6.45) is -3.66. The van der Waals surface area contributed by atoms with Crippen molar-refractivity contribution in [3.63, 3.8) is 0 Å². The molecule has 0 radical (unpaired) electrons. The Hall–Kier alpha value is -3.03. The Morgan fingerprint density at radius 1 is 1.62 bits per heavy atom. The molecule has 26 heavy (non-hydrogen) atoms. The Morgan fingerprint density at radius 2 is 2.35 bits per heavy atom. The summed E-state index contributed by atoms with van der Waals surface area (Å²) in [6, 6.07) is 0. The zero-order valence-electron chi connectivity index (χ0n) is 13.3. The minimum Gasteiger partial charge on any atom is -0.393 e. The standard InChI is InChI=1S/C12H14N8O6/c1-4(22)15-11-16-8-5(9(25)17-11)20(3-14-8)10-6(23)7(24)12(2-21,26-10)18-19-13/h3,6-7,10,21,23-24H,2H2,1H3,(H2,15,16,17,22,25)/t6-,7+,10-,12-/m1/s1. The van der Waals surface area contributed by atoms with Crippen LogP contribution in [0.4, 0.5) is 5.95 Å². The molecule has 0 aliphatic carbocycles. The molecule has 3 rings (SSSR count). The van der Waals surface area contributed by atoms with Crippen molar-refractivity contribution in [1.82, 2.24) is 19.5 Å². The van der Waals surface area contributed by atoms with Crippen LogP contribution in [0, 0.1) is 0 Å². The summed E-state index contributed by atoms with van der Waals surface area (Å²) >= 11 is 0. The van der Waals surface area contributed by atoms with Crippen LogP contribution in [-0.4, -0.2) is 65.3 Å². The summed E-state index contributed by atoms with van der Waals surface area (Å²) in [5.41, 5.74) is 5.61. The number of amides is 1. The van der Waals surface area contributed by atoms with Gasteiger partial charge in [-0.2, -0.15) is 4.98 Å². The maximum absolute atomic E-state index is 12.3. The molecule has 1 amide bonds. The van der Waals surface area contributed by atoms with Crippen LogP contribution in [0.5, 0.6) is 0 Å². The predicted molar refractivity (Wildman–Crippen MR) is 83.6 cm³/mol. The molecule has 138 valence electrons. The van der Waals surface area contributed by atoms with E-state index in [2.05, 4.69) is 30.3 Å². The molecular weight excluding hydrogens is 352 g/mol. The van der Waals surface area contributed by atoms with Gasteiger partial charge in [0.2, 0.25) is 17.6 Å². The summed E-state index contributed by atoms with van der Waals surface area (Å²) in [5.74, 6) is -0.571. The van der Waals surface area contributed by atoms with E-state index in [9.17, 15) is 24.9 Å². The van der Waals surface area contributed by atoms with Crippen molar-refractivity contribution in [3.05, 3.63) is 27.1 Å². The molecule has 1 aliphatic heterocycles. The third-order valence-corrected chi connectivity index (χ3v) is 3.85.